The third kappa shape index (κ3) is 7.33. The van der Waals surface area contributed by atoms with Gasteiger partial charge in [-0.25, -0.2) is 4.79 Å². The molecule has 7 heteroatoms. The molecule has 0 saturated carbocycles. The van der Waals surface area contributed by atoms with Crippen molar-refractivity contribution in [3.8, 4) is 0 Å². The third-order valence-electron chi connectivity index (χ3n) is 2.51. The fourth-order valence-corrected chi connectivity index (χ4v) is 2.13. The van der Waals surface area contributed by atoms with Crippen LogP contribution in [0, 0.1) is 0 Å². The zero-order chi connectivity index (χ0) is 16.3. The van der Waals surface area contributed by atoms with Crippen LogP contribution < -0.4 is 10.6 Å². The molecule has 0 aliphatic heterocycles. The maximum absolute atomic E-state index is 11.6. The molecule has 0 spiro atoms. The van der Waals surface area contributed by atoms with Crippen LogP contribution in [0.3, 0.4) is 0 Å². The number of amides is 1. The minimum Gasteiger partial charge on any atom is -0.452 e. The van der Waals surface area contributed by atoms with Crippen molar-refractivity contribution in [2.75, 3.05) is 6.54 Å². The van der Waals surface area contributed by atoms with Gasteiger partial charge >= 0.3 is 6.09 Å². The first kappa shape index (κ1) is 18.5. The zero-order valence-corrected chi connectivity index (χ0v) is 16.1. The highest BCUT2D eigenvalue weighted by Crippen LogP contribution is 2.26. The number of rotatable bonds is 5. The van der Waals surface area contributed by atoms with E-state index >= 15 is 0 Å². The molecule has 1 amide bonds. The van der Waals surface area contributed by atoms with Gasteiger partial charge in [-0.05, 0) is 72.5 Å². The van der Waals surface area contributed by atoms with Crippen molar-refractivity contribution in [2.45, 2.75) is 52.3 Å². The number of halogens is 2. The topological polar surface area (TPSA) is 63.5 Å². The Hall–Kier alpha value is -0.530. The summed E-state index contributed by atoms with van der Waals surface area (Å²) in [6.07, 6.45) is -0.416. The molecule has 1 rings (SSSR count). The minimum atomic E-state index is -0.492. The van der Waals surface area contributed by atoms with Crippen molar-refractivity contribution in [3.05, 3.63) is 21.0 Å². The van der Waals surface area contributed by atoms with Gasteiger partial charge in [0.05, 0.1) is 11.0 Å². The van der Waals surface area contributed by atoms with Crippen LogP contribution in [0.1, 0.15) is 40.4 Å². The number of hydrogen-bond donors (Lipinski definition) is 2. The summed E-state index contributed by atoms with van der Waals surface area (Å²) in [5.74, 6) is 0.805. The number of ether oxygens (including phenoxy) is 1. The van der Waals surface area contributed by atoms with Crippen molar-refractivity contribution < 1.29 is 13.9 Å². The molecule has 5 nitrogen and oxygen atoms in total. The summed E-state index contributed by atoms with van der Waals surface area (Å²) >= 11 is 6.67. The lowest BCUT2D eigenvalue weighted by Crippen LogP contribution is -2.49. The van der Waals surface area contributed by atoms with Crippen molar-refractivity contribution in [2.24, 2.45) is 0 Å². The molecule has 0 unspecified atom stereocenters. The van der Waals surface area contributed by atoms with Crippen LogP contribution in [0.2, 0.25) is 0 Å². The van der Waals surface area contributed by atoms with Crippen molar-refractivity contribution in [1.29, 1.82) is 0 Å². The molecule has 0 aliphatic rings. The second-order valence-corrected chi connectivity index (χ2v) is 8.00. The Morgan fingerprint density at radius 1 is 1.29 bits per heavy atom. The van der Waals surface area contributed by atoms with Gasteiger partial charge in [0.2, 0.25) is 0 Å². The largest absolute Gasteiger partial charge is 0.452 e. The smallest absolute Gasteiger partial charge is 0.407 e. The van der Waals surface area contributed by atoms with E-state index in [9.17, 15) is 4.79 Å². The predicted molar refractivity (Wildman–Crippen MR) is 89.3 cm³/mol. The van der Waals surface area contributed by atoms with E-state index in [4.69, 9.17) is 9.15 Å². The first-order valence-electron chi connectivity index (χ1n) is 6.64. The minimum absolute atomic E-state index is 0.289. The summed E-state index contributed by atoms with van der Waals surface area (Å²) in [4.78, 5) is 11.6. The Balaban J connectivity index is 2.41. The Morgan fingerprint density at radius 2 is 1.90 bits per heavy atom. The van der Waals surface area contributed by atoms with Crippen LogP contribution in [0.4, 0.5) is 4.79 Å². The lowest BCUT2D eigenvalue weighted by atomic mass is 10.1. The molecule has 120 valence electrons. The van der Waals surface area contributed by atoms with Crippen molar-refractivity contribution in [3.63, 3.8) is 0 Å². The monoisotopic (exact) mass is 424 g/mol. The zero-order valence-electron chi connectivity index (χ0n) is 13.0. The number of carbonyl (C=O) groups is 1. The van der Waals surface area contributed by atoms with Crippen LogP contribution in [-0.2, 0) is 11.3 Å². The summed E-state index contributed by atoms with van der Waals surface area (Å²) in [7, 11) is 0. The molecule has 0 atom stereocenters. The van der Waals surface area contributed by atoms with Gasteiger partial charge in [0.15, 0.2) is 4.67 Å². The maximum Gasteiger partial charge on any atom is 0.407 e. The van der Waals surface area contributed by atoms with E-state index in [2.05, 4.69) is 42.5 Å². The maximum atomic E-state index is 11.6. The Morgan fingerprint density at radius 3 is 2.38 bits per heavy atom. The van der Waals surface area contributed by atoms with Crippen LogP contribution >= 0.6 is 31.9 Å². The van der Waals surface area contributed by atoms with Gasteiger partial charge in [-0.3, -0.25) is 0 Å². The molecule has 0 saturated heterocycles. The van der Waals surface area contributed by atoms with E-state index in [0.29, 0.717) is 17.8 Å². The molecule has 21 heavy (non-hydrogen) atoms. The quantitative estimate of drug-likeness (QED) is 0.741. The predicted octanol–water partition coefficient (Wildman–Crippen LogP) is 4.20. The summed E-state index contributed by atoms with van der Waals surface area (Å²) in [5.41, 5.74) is -0.781. The molecule has 1 aromatic heterocycles. The molecule has 0 aromatic carbocycles. The van der Waals surface area contributed by atoms with Crippen molar-refractivity contribution >= 4 is 38.0 Å². The summed E-state index contributed by atoms with van der Waals surface area (Å²) in [6.45, 7) is 10.5. The van der Waals surface area contributed by atoms with E-state index in [1.165, 1.54) is 0 Å². The Kier molecular flexibility index (Phi) is 6.31. The number of furan rings is 1. The van der Waals surface area contributed by atoms with Crippen LogP contribution in [0.15, 0.2) is 19.6 Å². The number of hydrogen-bond acceptors (Lipinski definition) is 4. The SMILES string of the molecule is CC(C)(CNC(=O)OC(C)(C)C)NCc1cc(Br)c(Br)o1. The number of carbonyl (C=O) groups excluding carboxylic acids is 1. The second kappa shape index (κ2) is 7.15. The first-order valence-corrected chi connectivity index (χ1v) is 8.23. The summed E-state index contributed by atoms with van der Waals surface area (Å²) in [5, 5.41) is 6.09. The molecule has 0 fully saturated rings. The van der Waals surface area contributed by atoms with Gasteiger partial charge in [0.25, 0.3) is 0 Å². The average Bonchev–Trinajstić information content (AvgIpc) is 2.62. The van der Waals surface area contributed by atoms with Gasteiger partial charge < -0.3 is 19.8 Å². The molecule has 0 bridgehead atoms. The second-order valence-electron chi connectivity index (χ2n) is 6.43. The Bertz CT molecular complexity index is 473. The molecule has 1 aromatic rings. The third-order valence-corrected chi connectivity index (χ3v) is 4.22. The molecular weight excluding hydrogens is 404 g/mol. The van der Waals surface area contributed by atoms with Crippen LogP contribution in [-0.4, -0.2) is 23.8 Å². The van der Waals surface area contributed by atoms with Gasteiger partial charge in [0.1, 0.15) is 11.4 Å². The fraction of sp³-hybridized carbons (Fsp3) is 0.643. The highest BCUT2D eigenvalue weighted by molar-refractivity contribution is 9.13. The highest BCUT2D eigenvalue weighted by Gasteiger charge is 2.21. The molecule has 2 N–H and O–H groups in total. The van der Waals surface area contributed by atoms with Gasteiger partial charge in [-0.2, -0.15) is 0 Å². The van der Waals surface area contributed by atoms with E-state index in [-0.39, 0.29) is 5.54 Å². The lowest BCUT2D eigenvalue weighted by molar-refractivity contribution is 0.0513. The summed E-state index contributed by atoms with van der Waals surface area (Å²) < 4.78 is 12.3. The average molecular weight is 426 g/mol. The first-order chi connectivity index (χ1) is 9.48. The molecule has 0 aliphatic carbocycles. The fourth-order valence-electron chi connectivity index (χ4n) is 1.47. The summed E-state index contributed by atoms with van der Waals surface area (Å²) in [6, 6.07) is 1.90. The van der Waals surface area contributed by atoms with Gasteiger partial charge in [-0.1, -0.05) is 0 Å². The van der Waals surface area contributed by atoms with Crippen molar-refractivity contribution in [1.82, 2.24) is 10.6 Å². The van der Waals surface area contributed by atoms with Gasteiger partial charge in [-0.15, -0.1) is 0 Å². The highest BCUT2D eigenvalue weighted by atomic mass is 79.9. The lowest BCUT2D eigenvalue weighted by Gasteiger charge is -2.27. The molecule has 1 heterocycles. The van der Waals surface area contributed by atoms with E-state index in [1.807, 2.05) is 40.7 Å². The van der Waals surface area contributed by atoms with Crippen LogP contribution in [0.25, 0.3) is 0 Å². The molecule has 0 radical (unpaired) electrons. The normalized spacial score (nSPS) is 12.3. The Labute approximate surface area is 142 Å². The number of nitrogens with one attached hydrogen (secondary N) is 2. The van der Waals surface area contributed by atoms with E-state index < -0.39 is 11.7 Å². The van der Waals surface area contributed by atoms with E-state index in [0.717, 1.165) is 10.2 Å². The molecular formula is C14H22Br2N2O3. The van der Waals surface area contributed by atoms with E-state index in [1.54, 1.807) is 0 Å². The van der Waals surface area contributed by atoms with Gasteiger partial charge in [0, 0.05) is 12.1 Å². The van der Waals surface area contributed by atoms with Crippen LogP contribution in [0.5, 0.6) is 0 Å². The standard InChI is InChI=1S/C14H22Br2N2O3/c1-13(2,3)21-12(19)17-8-14(4,5)18-7-9-6-10(15)11(16)20-9/h6,18H,7-8H2,1-5H3,(H,17,19). The number of alkyl carbamates (subject to hydrolysis) is 1.